The van der Waals surface area contributed by atoms with E-state index in [1.165, 1.54) is 17.4 Å². The summed E-state index contributed by atoms with van der Waals surface area (Å²) in [5, 5.41) is 13.2. The lowest BCUT2D eigenvalue weighted by Gasteiger charge is -2.03. The minimum absolute atomic E-state index is 0.0949. The molecule has 3 N–H and O–H groups in total. The Labute approximate surface area is 125 Å². The summed E-state index contributed by atoms with van der Waals surface area (Å²) in [6.07, 6.45) is 0. The Bertz CT molecular complexity index is 765. The van der Waals surface area contributed by atoms with Gasteiger partial charge in [0.15, 0.2) is 0 Å². The van der Waals surface area contributed by atoms with Crippen LogP contribution in [-0.4, -0.2) is 22.6 Å². The molecule has 0 spiro atoms. The second-order valence-electron chi connectivity index (χ2n) is 4.33. The van der Waals surface area contributed by atoms with Gasteiger partial charge in [0, 0.05) is 21.5 Å². The molecular formula is C15H14N2O3S. The van der Waals surface area contributed by atoms with E-state index >= 15 is 0 Å². The highest BCUT2D eigenvalue weighted by molar-refractivity contribution is 7.10. The van der Waals surface area contributed by atoms with Crippen molar-refractivity contribution in [1.29, 1.82) is 0 Å². The summed E-state index contributed by atoms with van der Waals surface area (Å²) in [7, 11) is 0. The van der Waals surface area contributed by atoms with Gasteiger partial charge in [-0.2, -0.15) is 0 Å². The van der Waals surface area contributed by atoms with Crippen LogP contribution in [0, 0.1) is 18.8 Å². The number of aliphatic hydroxyl groups is 1. The molecule has 2 aromatic rings. The van der Waals surface area contributed by atoms with Crippen LogP contribution in [0.5, 0.6) is 0 Å². The fourth-order valence-electron chi connectivity index (χ4n) is 1.69. The zero-order valence-corrected chi connectivity index (χ0v) is 12.2. The number of carbonyl (C=O) groups excluding carboxylic acids is 1. The molecule has 0 saturated carbocycles. The lowest BCUT2D eigenvalue weighted by Crippen LogP contribution is -2.29. The summed E-state index contributed by atoms with van der Waals surface area (Å²) < 4.78 is 0. The highest BCUT2D eigenvalue weighted by Crippen LogP contribution is 2.13. The lowest BCUT2D eigenvalue weighted by atomic mass is 10.2. The fraction of sp³-hybridized carbons (Fsp3) is 0.200. The Kier molecular flexibility index (Phi) is 4.93. The Morgan fingerprint density at radius 1 is 1.48 bits per heavy atom. The SMILES string of the molecule is Cc1ccc(C(=O)NCc2cc(C#CCO)cs2)c(=O)[nH]1. The number of amides is 1. The van der Waals surface area contributed by atoms with E-state index in [-0.39, 0.29) is 12.2 Å². The Morgan fingerprint density at radius 3 is 3.00 bits per heavy atom. The van der Waals surface area contributed by atoms with E-state index in [1.807, 2.05) is 11.4 Å². The van der Waals surface area contributed by atoms with Crippen molar-refractivity contribution in [2.45, 2.75) is 13.5 Å². The zero-order chi connectivity index (χ0) is 15.2. The molecule has 21 heavy (non-hydrogen) atoms. The van der Waals surface area contributed by atoms with Crippen molar-refractivity contribution in [3.8, 4) is 11.8 Å². The summed E-state index contributed by atoms with van der Waals surface area (Å²) in [6, 6.07) is 5.03. The number of thiophene rings is 1. The highest BCUT2D eigenvalue weighted by Gasteiger charge is 2.10. The predicted molar refractivity (Wildman–Crippen MR) is 81.3 cm³/mol. The maximum absolute atomic E-state index is 11.9. The summed E-state index contributed by atoms with van der Waals surface area (Å²) in [4.78, 5) is 27.1. The standard InChI is InChI=1S/C15H14N2O3S/c1-10-4-5-13(15(20)17-10)14(19)16-8-12-7-11(9-21-12)3-2-6-18/h4-5,7,9,18H,6,8H2,1H3,(H,16,19)(H,17,20). The predicted octanol–water partition coefficient (Wildman–Crippen LogP) is 1.02. The van der Waals surface area contributed by atoms with Gasteiger partial charge in [0.1, 0.15) is 12.2 Å². The van der Waals surface area contributed by atoms with Gasteiger partial charge in [0.2, 0.25) is 0 Å². The fourth-order valence-corrected chi connectivity index (χ4v) is 2.45. The molecule has 0 unspecified atom stereocenters. The average Bonchev–Trinajstić information content (AvgIpc) is 2.90. The van der Waals surface area contributed by atoms with Crippen LogP contribution in [0.15, 0.2) is 28.4 Å². The van der Waals surface area contributed by atoms with E-state index in [9.17, 15) is 9.59 Å². The van der Waals surface area contributed by atoms with Gasteiger partial charge in [-0.15, -0.1) is 11.3 Å². The van der Waals surface area contributed by atoms with Crippen molar-refractivity contribution in [3.63, 3.8) is 0 Å². The molecule has 5 nitrogen and oxygen atoms in total. The van der Waals surface area contributed by atoms with Crippen molar-refractivity contribution in [2.24, 2.45) is 0 Å². The molecule has 0 atom stereocenters. The molecule has 1 amide bonds. The molecule has 0 fully saturated rings. The zero-order valence-electron chi connectivity index (χ0n) is 11.4. The van der Waals surface area contributed by atoms with Gasteiger partial charge in [0.05, 0.1) is 6.54 Å². The molecule has 0 aliphatic rings. The first-order valence-corrected chi connectivity index (χ1v) is 7.13. The first-order chi connectivity index (χ1) is 10.1. The third-order valence-corrected chi connectivity index (χ3v) is 3.63. The molecule has 108 valence electrons. The van der Waals surface area contributed by atoms with Crippen LogP contribution in [0.4, 0.5) is 0 Å². The molecule has 0 saturated heterocycles. The number of aliphatic hydroxyl groups excluding tert-OH is 1. The van der Waals surface area contributed by atoms with Crippen molar-refractivity contribution < 1.29 is 9.90 Å². The molecule has 0 aliphatic carbocycles. The number of H-pyrrole nitrogens is 1. The molecule has 2 aromatic heterocycles. The number of carbonyl (C=O) groups is 1. The Morgan fingerprint density at radius 2 is 2.29 bits per heavy atom. The van der Waals surface area contributed by atoms with E-state index in [1.54, 1.807) is 13.0 Å². The average molecular weight is 302 g/mol. The maximum atomic E-state index is 11.9. The number of aromatic nitrogens is 1. The summed E-state index contributed by atoms with van der Waals surface area (Å²) in [6.45, 7) is 1.90. The minimum atomic E-state index is -0.410. The topological polar surface area (TPSA) is 82.2 Å². The first-order valence-electron chi connectivity index (χ1n) is 6.25. The van der Waals surface area contributed by atoms with E-state index in [0.717, 1.165) is 10.4 Å². The molecular weight excluding hydrogens is 288 g/mol. The summed E-state index contributed by atoms with van der Waals surface area (Å²) in [5.74, 6) is 4.94. The van der Waals surface area contributed by atoms with Crippen LogP contribution in [0.3, 0.4) is 0 Å². The monoisotopic (exact) mass is 302 g/mol. The van der Waals surface area contributed by atoms with Crippen molar-refractivity contribution >= 4 is 17.2 Å². The number of rotatable bonds is 3. The molecule has 0 aromatic carbocycles. The van der Waals surface area contributed by atoms with E-state index < -0.39 is 11.5 Å². The van der Waals surface area contributed by atoms with E-state index in [2.05, 4.69) is 22.1 Å². The van der Waals surface area contributed by atoms with Crippen LogP contribution in [-0.2, 0) is 6.54 Å². The quantitative estimate of drug-likeness (QED) is 0.740. The first kappa shape index (κ1) is 15.0. The maximum Gasteiger partial charge on any atom is 0.260 e. The second-order valence-corrected chi connectivity index (χ2v) is 5.32. The third-order valence-electron chi connectivity index (χ3n) is 2.69. The highest BCUT2D eigenvalue weighted by atomic mass is 32.1. The van der Waals surface area contributed by atoms with E-state index in [0.29, 0.717) is 12.2 Å². The number of nitrogens with one attached hydrogen (secondary N) is 2. The number of aryl methyl sites for hydroxylation is 1. The van der Waals surface area contributed by atoms with Crippen molar-refractivity contribution in [1.82, 2.24) is 10.3 Å². The molecule has 6 heteroatoms. The van der Waals surface area contributed by atoms with Gasteiger partial charge < -0.3 is 15.4 Å². The molecule has 0 radical (unpaired) electrons. The molecule has 0 aliphatic heterocycles. The van der Waals surface area contributed by atoms with Gasteiger partial charge in [0.25, 0.3) is 11.5 Å². The van der Waals surface area contributed by atoms with Crippen LogP contribution in [0.1, 0.15) is 26.5 Å². The second kappa shape index (κ2) is 6.88. The van der Waals surface area contributed by atoms with Crippen LogP contribution in [0.2, 0.25) is 0 Å². The van der Waals surface area contributed by atoms with Gasteiger partial charge in [-0.25, -0.2) is 0 Å². The lowest BCUT2D eigenvalue weighted by molar-refractivity contribution is 0.0950. The van der Waals surface area contributed by atoms with Crippen molar-refractivity contribution in [2.75, 3.05) is 6.61 Å². The summed E-state index contributed by atoms with van der Waals surface area (Å²) in [5.41, 5.74) is 1.21. The number of pyridine rings is 1. The van der Waals surface area contributed by atoms with Gasteiger partial charge in [-0.05, 0) is 25.1 Å². The molecule has 2 heterocycles. The molecule has 0 bridgehead atoms. The summed E-state index contributed by atoms with van der Waals surface area (Å²) >= 11 is 1.46. The third kappa shape index (κ3) is 4.05. The van der Waals surface area contributed by atoms with E-state index in [4.69, 9.17) is 5.11 Å². The minimum Gasteiger partial charge on any atom is -0.384 e. The van der Waals surface area contributed by atoms with Crippen molar-refractivity contribution in [3.05, 3.63) is 55.6 Å². The Hall–Kier alpha value is -2.36. The van der Waals surface area contributed by atoms with Gasteiger partial charge in [-0.1, -0.05) is 11.8 Å². The van der Waals surface area contributed by atoms with Gasteiger partial charge in [-0.3, -0.25) is 9.59 Å². The smallest absolute Gasteiger partial charge is 0.260 e. The molecule has 2 rings (SSSR count). The number of hydrogen-bond donors (Lipinski definition) is 3. The van der Waals surface area contributed by atoms with Crippen LogP contribution >= 0.6 is 11.3 Å². The van der Waals surface area contributed by atoms with Crippen LogP contribution < -0.4 is 10.9 Å². The van der Waals surface area contributed by atoms with Gasteiger partial charge >= 0.3 is 0 Å². The number of hydrogen-bond acceptors (Lipinski definition) is 4. The van der Waals surface area contributed by atoms with Crippen LogP contribution in [0.25, 0.3) is 0 Å². The Balaban J connectivity index is 2.01. The number of aromatic amines is 1. The normalized spacial score (nSPS) is 9.81. The largest absolute Gasteiger partial charge is 0.384 e.